The first kappa shape index (κ1) is 17.1. The van der Waals surface area contributed by atoms with Gasteiger partial charge in [-0.2, -0.15) is 0 Å². The van der Waals surface area contributed by atoms with E-state index in [0.717, 1.165) is 17.6 Å². The van der Waals surface area contributed by atoms with Gasteiger partial charge in [-0.25, -0.2) is 0 Å². The van der Waals surface area contributed by atoms with Crippen molar-refractivity contribution in [3.63, 3.8) is 0 Å². The van der Waals surface area contributed by atoms with E-state index in [4.69, 9.17) is 4.74 Å². The number of ether oxygens (including phenoxy) is 1. The van der Waals surface area contributed by atoms with E-state index in [1.807, 2.05) is 6.92 Å². The van der Waals surface area contributed by atoms with Crippen LogP contribution < -0.4 is 4.74 Å². The van der Waals surface area contributed by atoms with Crippen molar-refractivity contribution in [2.45, 2.75) is 59.3 Å². The van der Waals surface area contributed by atoms with Gasteiger partial charge in [0.05, 0.1) is 6.61 Å². The molecule has 0 spiro atoms. The zero-order chi connectivity index (χ0) is 17.1. The Labute approximate surface area is 147 Å². The Morgan fingerprint density at radius 3 is 2.17 bits per heavy atom. The van der Waals surface area contributed by atoms with Gasteiger partial charge in [-0.3, -0.25) is 0 Å². The maximum atomic E-state index is 5.72. The van der Waals surface area contributed by atoms with E-state index >= 15 is 0 Å². The smallest absolute Gasteiger partial charge is 0.122 e. The largest absolute Gasteiger partial charge is 0.494 e. The van der Waals surface area contributed by atoms with Crippen LogP contribution in [0.3, 0.4) is 0 Å². The van der Waals surface area contributed by atoms with Gasteiger partial charge in [-0.1, -0.05) is 50.1 Å². The highest BCUT2D eigenvalue weighted by molar-refractivity contribution is 5.70. The number of rotatable bonds is 4. The third-order valence-electron chi connectivity index (χ3n) is 5.75. The summed E-state index contributed by atoms with van der Waals surface area (Å²) in [5.41, 5.74) is 6.72. The fourth-order valence-electron chi connectivity index (χ4n) is 3.95. The summed E-state index contributed by atoms with van der Waals surface area (Å²) in [7, 11) is 0. The lowest BCUT2D eigenvalue weighted by atomic mass is 9.79. The molecule has 1 fully saturated rings. The summed E-state index contributed by atoms with van der Waals surface area (Å²) in [6, 6.07) is 13.6. The van der Waals surface area contributed by atoms with Crippen LogP contribution in [-0.2, 0) is 0 Å². The molecule has 0 aliphatic heterocycles. The molecule has 0 bridgehead atoms. The molecule has 128 valence electrons. The molecule has 24 heavy (non-hydrogen) atoms. The maximum Gasteiger partial charge on any atom is 0.122 e. The fraction of sp³-hybridized carbons (Fsp3) is 0.478. The highest BCUT2D eigenvalue weighted by Gasteiger charge is 2.19. The van der Waals surface area contributed by atoms with Gasteiger partial charge >= 0.3 is 0 Å². The highest BCUT2D eigenvalue weighted by atomic mass is 16.5. The minimum atomic E-state index is 0.717. The molecule has 2 aromatic rings. The van der Waals surface area contributed by atoms with Gasteiger partial charge < -0.3 is 4.74 Å². The summed E-state index contributed by atoms with van der Waals surface area (Å²) in [6.45, 7) is 9.49. The molecule has 0 heterocycles. The van der Waals surface area contributed by atoms with E-state index in [1.54, 1.807) is 0 Å². The Morgan fingerprint density at radius 1 is 0.875 bits per heavy atom. The average molecular weight is 322 g/mol. The van der Waals surface area contributed by atoms with Crippen molar-refractivity contribution in [3.8, 4) is 16.9 Å². The quantitative estimate of drug-likeness (QED) is 0.611. The van der Waals surface area contributed by atoms with E-state index in [9.17, 15) is 0 Å². The number of benzene rings is 2. The van der Waals surface area contributed by atoms with Crippen LogP contribution in [0.15, 0.2) is 36.4 Å². The monoisotopic (exact) mass is 322 g/mol. The number of hydrogen-bond donors (Lipinski definition) is 0. The van der Waals surface area contributed by atoms with Crippen LogP contribution in [0, 0.1) is 19.8 Å². The second kappa shape index (κ2) is 7.42. The molecule has 2 aromatic carbocycles. The number of hydrogen-bond acceptors (Lipinski definition) is 1. The normalized spacial score (nSPS) is 20.8. The molecule has 1 nitrogen and oxygen atoms in total. The average Bonchev–Trinajstić information content (AvgIpc) is 2.60. The predicted molar refractivity (Wildman–Crippen MR) is 103 cm³/mol. The van der Waals surface area contributed by atoms with Crippen LogP contribution in [0.5, 0.6) is 5.75 Å². The van der Waals surface area contributed by atoms with E-state index in [-0.39, 0.29) is 0 Å². The first-order valence-electron chi connectivity index (χ1n) is 9.43. The second-order valence-corrected chi connectivity index (χ2v) is 7.37. The van der Waals surface area contributed by atoms with Gasteiger partial charge in [0, 0.05) is 0 Å². The van der Waals surface area contributed by atoms with Crippen LogP contribution in [0.4, 0.5) is 0 Å². The Morgan fingerprint density at radius 2 is 1.54 bits per heavy atom. The third kappa shape index (κ3) is 3.50. The molecular formula is C23H30O. The molecule has 0 unspecified atom stereocenters. The van der Waals surface area contributed by atoms with E-state index < -0.39 is 0 Å². The molecular weight excluding hydrogens is 292 g/mol. The Kier molecular flexibility index (Phi) is 5.28. The molecule has 3 rings (SSSR count). The Bertz CT molecular complexity index is 676. The van der Waals surface area contributed by atoms with Crippen LogP contribution in [0.1, 0.15) is 62.1 Å². The van der Waals surface area contributed by atoms with Crippen molar-refractivity contribution in [2.75, 3.05) is 6.61 Å². The summed E-state index contributed by atoms with van der Waals surface area (Å²) < 4.78 is 5.72. The summed E-state index contributed by atoms with van der Waals surface area (Å²) in [6.07, 6.45) is 5.45. The molecule has 0 aromatic heterocycles. The minimum Gasteiger partial charge on any atom is -0.494 e. The summed E-state index contributed by atoms with van der Waals surface area (Å²) in [5.74, 6) is 2.68. The van der Waals surface area contributed by atoms with Crippen LogP contribution in [-0.4, -0.2) is 6.61 Å². The molecule has 1 saturated carbocycles. The first-order valence-corrected chi connectivity index (χ1v) is 9.43. The molecule has 1 aliphatic rings. The molecule has 0 saturated heterocycles. The first-order chi connectivity index (χ1) is 11.6. The maximum absolute atomic E-state index is 5.72. The lowest BCUT2D eigenvalue weighted by Crippen LogP contribution is -2.10. The molecule has 1 heteroatoms. The molecule has 0 amide bonds. The van der Waals surface area contributed by atoms with Crippen LogP contribution in [0.25, 0.3) is 11.1 Å². The van der Waals surface area contributed by atoms with Gasteiger partial charge in [0.25, 0.3) is 0 Å². The van der Waals surface area contributed by atoms with E-state index in [0.29, 0.717) is 6.61 Å². The summed E-state index contributed by atoms with van der Waals surface area (Å²) in [5, 5.41) is 0. The molecule has 0 radical (unpaired) electrons. The predicted octanol–water partition coefficient (Wildman–Crippen LogP) is 6.66. The Hall–Kier alpha value is -1.76. The van der Waals surface area contributed by atoms with Crippen molar-refractivity contribution in [2.24, 2.45) is 5.92 Å². The van der Waals surface area contributed by atoms with Crippen LogP contribution >= 0.6 is 0 Å². The second-order valence-electron chi connectivity index (χ2n) is 7.37. The van der Waals surface area contributed by atoms with Gasteiger partial charge in [-0.15, -0.1) is 0 Å². The SMILES string of the molecule is CCOc1ccc(-c2ccc(C3CCC(C)CC3)cc2)c(C)c1C. The topological polar surface area (TPSA) is 9.23 Å². The Balaban J connectivity index is 1.82. The van der Waals surface area contributed by atoms with Crippen molar-refractivity contribution in [3.05, 3.63) is 53.1 Å². The molecule has 0 N–H and O–H groups in total. The third-order valence-corrected chi connectivity index (χ3v) is 5.75. The van der Waals surface area contributed by atoms with Gasteiger partial charge in [0.15, 0.2) is 0 Å². The van der Waals surface area contributed by atoms with E-state index in [1.165, 1.54) is 53.5 Å². The fourth-order valence-corrected chi connectivity index (χ4v) is 3.95. The van der Waals surface area contributed by atoms with Crippen molar-refractivity contribution >= 4 is 0 Å². The zero-order valence-corrected chi connectivity index (χ0v) is 15.6. The van der Waals surface area contributed by atoms with Gasteiger partial charge in [0.2, 0.25) is 0 Å². The lowest BCUT2D eigenvalue weighted by Gasteiger charge is -2.26. The summed E-state index contributed by atoms with van der Waals surface area (Å²) in [4.78, 5) is 0. The lowest BCUT2D eigenvalue weighted by molar-refractivity contribution is 0.337. The van der Waals surface area contributed by atoms with E-state index in [2.05, 4.69) is 57.2 Å². The van der Waals surface area contributed by atoms with Crippen molar-refractivity contribution < 1.29 is 4.74 Å². The standard InChI is InChI=1S/C23H30O/c1-5-24-23-15-14-22(17(3)18(23)4)21-12-10-20(11-13-21)19-8-6-16(2)7-9-19/h10-16,19H,5-9H2,1-4H3. The van der Waals surface area contributed by atoms with Crippen molar-refractivity contribution in [1.82, 2.24) is 0 Å². The summed E-state index contributed by atoms with van der Waals surface area (Å²) >= 11 is 0. The molecule has 0 atom stereocenters. The minimum absolute atomic E-state index is 0.717. The van der Waals surface area contributed by atoms with Gasteiger partial charge in [-0.05, 0) is 79.3 Å². The zero-order valence-electron chi connectivity index (χ0n) is 15.6. The van der Waals surface area contributed by atoms with Crippen LogP contribution in [0.2, 0.25) is 0 Å². The van der Waals surface area contributed by atoms with Gasteiger partial charge in [0.1, 0.15) is 5.75 Å². The highest BCUT2D eigenvalue weighted by Crippen LogP contribution is 2.37. The van der Waals surface area contributed by atoms with Crippen molar-refractivity contribution in [1.29, 1.82) is 0 Å². The molecule has 1 aliphatic carbocycles.